The molecule has 12 heteroatoms. The second kappa shape index (κ2) is 10.6. The van der Waals surface area contributed by atoms with Gasteiger partial charge in [-0.05, 0) is 66.0 Å². The Kier molecular flexibility index (Phi) is 7.26. The number of hydrogen-bond donors (Lipinski definition) is 0. The maximum atomic E-state index is 13.4. The number of aromatic nitrogens is 4. The number of nitrogens with zero attached hydrogens (tertiary/aromatic N) is 6. The van der Waals surface area contributed by atoms with Gasteiger partial charge in [-0.25, -0.2) is 19.6 Å². The molecule has 41 heavy (non-hydrogen) atoms. The Morgan fingerprint density at radius 1 is 0.951 bits per heavy atom. The van der Waals surface area contributed by atoms with Crippen LogP contribution in [0.2, 0.25) is 0 Å². The van der Waals surface area contributed by atoms with E-state index in [0.717, 1.165) is 6.42 Å². The van der Waals surface area contributed by atoms with Crippen LogP contribution in [0.3, 0.4) is 0 Å². The maximum absolute atomic E-state index is 13.4. The third-order valence-corrected chi connectivity index (χ3v) is 6.69. The first-order chi connectivity index (χ1) is 19.3. The molecule has 2 unspecified atom stereocenters. The molecule has 0 spiro atoms. The second-order valence-electron chi connectivity index (χ2n) is 12.3. The molecule has 3 heterocycles. The van der Waals surface area contributed by atoms with Crippen LogP contribution in [-0.4, -0.2) is 62.4 Å². The minimum Gasteiger partial charge on any atom is -0.443 e. The number of hydrogen-bond acceptors (Lipinski definition) is 11. The molecule has 1 aliphatic heterocycles. The number of carbonyl (C=O) groups is 3. The first-order valence-corrected chi connectivity index (χ1v) is 13.6. The van der Waals surface area contributed by atoms with Gasteiger partial charge < -0.3 is 18.8 Å². The molecule has 0 bridgehead atoms. The highest BCUT2D eigenvalue weighted by atomic mass is 16.6. The molecule has 0 radical (unpaired) electrons. The Bertz CT molecular complexity index is 1430. The fourth-order valence-corrected chi connectivity index (χ4v) is 4.94. The zero-order valence-electron chi connectivity index (χ0n) is 24.1. The second-order valence-corrected chi connectivity index (χ2v) is 12.3. The molecule has 1 aromatic carbocycles. The van der Waals surface area contributed by atoms with Gasteiger partial charge in [0.25, 0.3) is 5.89 Å². The zero-order chi connectivity index (χ0) is 29.5. The van der Waals surface area contributed by atoms with Crippen molar-refractivity contribution in [2.45, 2.75) is 65.6 Å². The summed E-state index contributed by atoms with van der Waals surface area (Å²) in [5, 5.41) is 8.35. The Balaban J connectivity index is 1.60. The quantitative estimate of drug-likeness (QED) is 0.410. The van der Waals surface area contributed by atoms with E-state index in [0.29, 0.717) is 35.8 Å². The molecule has 216 valence electrons. The monoisotopic (exact) mass is 562 g/mol. The van der Waals surface area contributed by atoms with Crippen LogP contribution >= 0.6 is 0 Å². The lowest BCUT2D eigenvalue weighted by atomic mass is 10.0. The Morgan fingerprint density at radius 3 is 2.20 bits per heavy atom. The summed E-state index contributed by atoms with van der Waals surface area (Å²) in [6, 6.07) is 9.16. The normalized spacial score (nSPS) is 18.8. The summed E-state index contributed by atoms with van der Waals surface area (Å²) in [7, 11) is 0. The first-order valence-electron chi connectivity index (χ1n) is 13.6. The summed E-state index contributed by atoms with van der Waals surface area (Å²) in [5.74, 6) is 0.901. The van der Waals surface area contributed by atoms with E-state index in [4.69, 9.17) is 18.9 Å². The van der Waals surface area contributed by atoms with E-state index in [1.807, 2.05) is 35.2 Å². The predicted molar refractivity (Wildman–Crippen MR) is 149 cm³/mol. The van der Waals surface area contributed by atoms with Gasteiger partial charge in [0.1, 0.15) is 22.8 Å². The van der Waals surface area contributed by atoms with Crippen LogP contribution in [-0.2, 0) is 14.3 Å². The van der Waals surface area contributed by atoms with Crippen LogP contribution in [0.1, 0.15) is 54.4 Å². The van der Waals surface area contributed by atoms with Crippen molar-refractivity contribution < 1.29 is 28.3 Å². The van der Waals surface area contributed by atoms with E-state index >= 15 is 0 Å². The number of fused-ring (bicyclic) bond motifs is 1. The van der Waals surface area contributed by atoms with Gasteiger partial charge in [0.15, 0.2) is 11.5 Å². The number of benzene rings is 1. The van der Waals surface area contributed by atoms with Crippen LogP contribution in [0.15, 0.2) is 40.9 Å². The lowest BCUT2D eigenvalue weighted by molar-refractivity contribution is -0.120. The molecule has 3 aromatic rings. The number of carbonyl (C=O) groups excluding carboxylic acids is 3. The third-order valence-electron chi connectivity index (χ3n) is 6.69. The smallest absolute Gasteiger partial charge is 0.425 e. The highest BCUT2D eigenvalue weighted by Crippen LogP contribution is 2.39. The largest absolute Gasteiger partial charge is 0.443 e. The number of ketones is 1. The summed E-state index contributed by atoms with van der Waals surface area (Å²) in [5.41, 5.74) is -1.16. The van der Waals surface area contributed by atoms with Crippen LogP contribution in [0.5, 0.6) is 0 Å². The van der Waals surface area contributed by atoms with Gasteiger partial charge in [-0.2, -0.15) is 4.90 Å². The number of anilines is 2. The molecular formula is C29H34N6O6. The van der Waals surface area contributed by atoms with E-state index in [2.05, 4.69) is 15.2 Å². The maximum Gasteiger partial charge on any atom is 0.425 e. The van der Waals surface area contributed by atoms with E-state index in [9.17, 15) is 14.4 Å². The van der Waals surface area contributed by atoms with Gasteiger partial charge in [-0.1, -0.05) is 18.2 Å². The van der Waals surface area contributed by atoms with Crippen molar-refractivity contribution in [3.05, 3.63) is 36.5 Å². The van der Waals surface area contributed by atoms with Crippen LogP contribution in [0, 0.1) is 11.8 Å². The molecule has 1 saturated heterocycles. The molecular weight excluding hydrogens is 528 g/mol. The fraction of sp³-hybridized carbons (Fsp3) is 0.483. The zero-order valence-corrected chi connectivity index (χ0v) is 24.1. The number of ether oxygens (including phenoxy) is 2. The average Bonchev–Trinajstić information content (AvgIpc) is 3.61. The average molecular weight is 563 g/mol. The van der Waals surface area contributed by atoms with E-state index < -0.39 is 23.4 Å². The summed E-state index contributed by atoms with van der Waals surface area (Å²) in [4.78, 5) is 51.2. The molecule has 12 nitrogen and oxygen atoms in total. The van der Waals surface area contributed by atoms with Gasteiger partial charge in [0, 0.05) is 31.0 Å². The van der Waals surface area contributed by atoms with Gasteiger partial charge in [0.05, 0.1) is 6.20 Å². The molecule has 2 aliphatic rings. The topological polar surface area (TPSA) is 141 Å². The van der Waals surface area contributed by atoms with Crippen molar-refractivity contribution in [2.24, 2.45) is 11.8 Å². The standard InChI is InChI=1S/C29H34N6O6/c1-28(2,3)40-26(37)35(27(38)41-29(4,5)6)23-22(25-33-32-24(39-25)17-10-8-7-9-11-17)31-21(14-30-23)34-15-18-12-13-20(36)19(18)16-34/h7-11,14,18-19H,12-13,15-16H2,1-6H3. The fourth-order valence-electron chi connectivity index (χ4n) is 4.94. The minimum absolute atomic E-state index is 0.00251. The van der Waals surface area contributed by atoms with Crippen molar-refractivity contribution in [2.75, 3.05) is 22.9 Å². The van der Waals surface area contributed by atoms with Crippen molar-refractivity contribution in [1.82, 2.24) is 20.2 Å². The Hall–Kier alpha value is -4.35. The molecule has 2 atom stereocenters. The van der Waals surface area contributed by atoms with Crippen molar-refractivity contribution in [3.63, 3.8) is 0 Å². The van der Waals surface area contributed by atoms with Crippen LogP contribution in [0.25, 0.3) is 23.0 Å². The number of Topliss-reactive ketones (excluding diaryl/α,β-unsaturated/α-hetero) is 1. The predicted octanol–water partition coefficient (Wildman–Crippen LogP) is 5.29. The number of rotatable bonds is 4. The van der Waals surface area contributed by atoms with Crippen molar-refractivity contribution in [3.8, 4) is 23.0 Å². The summed E-state index contributed by atoms with van der Waals surface area (Å²) in [6.07, 6.45) is 0.899. The molecule has 2 aromatic heterocycles. The Labute approximate surface area is 238 Å². The highest BCUT2D eigenvalue weighted by Gasteiger charge is 2.43. The SMILES string of the molecule is CC(C)(C)OC(=O)N(C(=O)OC(C)(C)C)c1ncc(N2CC3CCC(=O)C3C2)nc1-c1nnc(-c2ccccc2)o1. The van der Waals surface area contributed by atoms with Gasteiger partial charge in [-0.15, -0.1) is 10.2 Å². The summed E-state index contributed by atoms with van der Waals surface area (Å²) in [6.45, 7) is 11.3. The molecule has 5 rings (SSSR count). The van der Waals surface area contributed by atoms with Gasteiger partial charge >= 0.3 is 12.2 Å². The molecule has 1 aliphatic carbocycles. The minimum atomic E-state index is -1.00. The highest BCUT2D eigenvalue weighted by molar-refractivity contribution is 6.10. The van der Waals surface area contributed by atoms with Crippen LogP contribution < -0.4 is 9.80 Å². The number of imide groups is 1. The third kappa shape index (κ3) is 6.21. The van der Waals surface area contributed by atoms with Crippen molar-refractivity contribution in [1.29, 1.82) is 0 Å². The van der Waals surface area contributed by atoms with E-state index in [1.54, 1.807) is 41.5 Å². The van der Waals surface area contributed by atoms with Crippen LogP contribution in [0.4, 0.5) is 21.2 Å². The molecule has 1 saturated carbocycles. The first kappa shape index (κ1) is 28.2. The molecule has 0 N–H and O–H groups in total. The van der Waals surface area contributed by atoms with Gasteiger partial charge in [-0.3, -0.25) is 4.79 Å². The molecule has 2 fully saturated rings. The molecule has 2 amide bonds. The van der Waals surface area contributed by atoms with E-state index in [1.165, 1.54) is 6.20 Å². The lowest BCUT2D eigenvalue weighted by Gasteiger charge is -2.28. The number of amides is 2. The Morgan fingerprint density at radius 2 is 1.59 bits per heavy atom. The summed E-state index contributed by atoms with van der Waals surface area (Å²) < 4.78 is 17.1. The van der Waals surface area contributed by atoms with Crippen molar-refractivity contribution >= 4 is 29.6 Å². The van der Waals surface area contributed by atoms with Gasteiger partial charge in [0.2, 0.25) is 5.89 Å². The summed E-state index contributed by atoms with van der Waals surface area (Å²) >= 11 is 0. The lowest BCUT2D eigenvalue weighted by Crippen LogP contribution is -2.44. The van der Waals surface area contributed by atoms with E-state index in [-0.39, 0.29) is 40.9 Å².